The Morgan fingerprint density at radius 1 is 0.560 bits per heavy atom. The van der Waals surface area contributed by atoms with Gasteiger partial charge in [0, 0.05) is 0 Å². The monoisotopic (exact) mass is 762 g/mol. The number of amidine groups is 2. The lowest BCUT2D eigenvalue weighted by Crippen LogP contribution is -2.41. The van der Waals surface area contributed by atoms with Crippen LogP contribution in [0.25, 0.3) is 11.1 Å². The zero-order chi connectivity index (χ0) is 39.7. The van der Waals surface area contributed by atoms with Crippen LogP contribution in [-0.2, 0) is 20.2 Å². The normalized spacial score (nSPS) is 13.7. The van der Waals surface area contributed by atoms with E-state index in [1.165, 1.54) is 33.9 Å². The second-order valence-electron chi connectivity index (χ2n) is 12.4. The first-order chi connectivity index (χ1) is 22.4. The van der Waals surface area contributed by atoms with Crippen LogP contribution in [0.4, 0.5) is 26.3 Å². The molecule has 0 radical (unpaired) electrons. The minimum atomic E-state index is -6.09. The molecule has 0 bridgehead atoms. The Labute approximate surface area is 292 Å². The van der Waals surface area contributed by atoms with Gasteiger partial charge in [0.05, 0.1) is 63.5 Å². The Morgan fingerprint density at radius 2 is 0.760 bits per heavy atom. The summed E-state index contributed by atoms with van der Waals surface area (Å²) in [6.45, 7) is 17.9. The molecule has 0 aromatic heterocycles. The molecule has 0 saturated carbocycles. The third-order valence-corrected chi connectivity index (χ3v) is 8.76. The van der Waals surface area contributed by atoms with Gasteiger partial charge in [0.15, 0.2) is 20.2 Å². The van der Waals surface area contributed by atoms with Gasteiger partial charge in [0.1, 0.15) is 0 Å². The Bertz CT molecular complexity index is 1540. The molecule has 0 unspecified atom stereocenters. The van der Waals surface area contributed by atoms with Crippen LogP contribution in [0, 0.1) is 0 Å². The number of hydrogen-bond donors (Lipinski definition) is 0. The third kappa shape index (κ3) is 13.8. The highest BCUT2D eigenvalue weighted by molar-refractivity contribution is 7.86. The zero-order valence-electron chi connectivity index (χ0n) is 30.3. The van der Waals surface area contributed by atoms with Crippen molar-refractivity contribution in [3.8, 4) is 11.1 Å². The van der Waals surface area contributed by atoms with Crippen molar-refractivity contribution >= 4 is 31.9 Å². The molecule has 2 aromatic rings. The second-order valence-corrected chi connectivity index (χ2v) is 15.2. The Kier molecular flexibility index (Phi) is 17.1. The van der Waals surface area contributed by atoms with Crippen molar-refractivity contribution in [2.24, 2.45) is 0 Å². The molecule has 18 heteroatoms. The molecule has 0 heterocycles. The van der Waals surface area contributed by atoms with Gasteiger partial charge in [-0.05, 0) is 90.8 Å². The molecule has 0 atom stereocenters. The van der Waals surface area contributed by atoms with E-state index in [1.54, 1.807) is 0 Å². The fourth-order valence-electron chi connectivity index (χ4n) is 3.91. The third-order valence-electron chi connectivity index (χ3n) is 7.62. The fourth-order valence-corrected chi connectivity index (χ4v) is 3.91. The van der Waals surface area contributed by atoms with Gasteiger partial charge in [-0.1, -0.05) is 24.3 Å². The molecule has 2 rings (SSSR count). The SMILES string of the molecule is CC(C)N(C)C(c1ccc(-c2ccc(C(N(C)C(C)C)=[N+](C)C(C)C)cc2)cc1)=[N+](C)C(C)C.O=S(=O)([O-])C(F)(F)F.O=S(=O)([O-])C(F)(F)F. The maximum absolute atomic E-state index is 10.7. The summed E-state index contributed by atoms with van der Waals surface area (Å²) < 4.78 is 123. The largest absolute Gasteiger partial charge is 0.741 e. The molecule has 0 saturated heterocycles. The average Bonchev–Trinajstić information content (AvgIpc) is 2.96. The Morgan fingerprint density at radius 3 is 0.900 bits per heavy atom. The molecule has 0 aliphatic rings. The average molecular weight is 763 g/mol. The molecule has 0 amide bonds. The fraction of sp³-hybridized carbons (Fsp3) is 0.562. The molecule has 286 valence electrons. The Balaban J connectivity index is 0.00000124. The van der Waals surface area contributed by atoms with E-state index in [0.29, 0.717) is 24.2 Å². The van der Waals surface area contributed by atoms with Crippen LogP contribution < -0.4 is 0 Å². The van der Waals surface area contributed by atoms with Crippen molar-refractivity contribution in [1.29, 1.82) is 0 Å². The lowest BCUT2D eigenvalue weighted by atomic mass is 10.0. The van der Waals surface area contributed by atoms with Gasteiger partial charge < -0.3 is 9.11 Å². The van der Waals surface area contributed by atoms with Gasteiger partial charge in [0.2, 0.25) is 0 Å². The highest BCUT2D eigenvalue weighted by Crippen LogP contribution is 2.23. The van der Waals surface area contributed by atoms with Crippen LogP contribution >= 0.6 is 0 Å². The molecule has 2 aromatic carbocycles. The van der Waals surface area contributed by atoms with Crippen LogP contribution in [0.15, 0.2) is 48.5 Å². The summed E-state index contributed by atoms with van der Waals surface area (Å²) in [5.74, 6) is 2.53. The molecule has 50 heavy (non-hydrogen) atoms. The van der Waals surface area contributed by atoms with E-state index < -0.39 is 31.3 Å². The topological polar surface area (TPSA) is 127 Å². The lowest BCUT2D eigenvalue weighted by Gasteiger charge is -2.23. The minimum absolute atomic E-state index is 0.432. The Hall–Kier alpha value is -3.22. The molecular formula is C32H48F6N4O6S2. The molecule has 0 aliphatic heterocycles. The first kappa shape index (κ1) is 46.8. The van der Waals surface area contributed by atoms with Gasteiger partial charge in [-0.25, -0.2) is 16.8 Å². The summed E-state index contributed by atoms with van der Waals surface area (Å²) in [4.78, 5) is 4.72. The van der Waals surface area contributed by atoms with Gasteiger partial charge >= 0.3 is 11.0 Å². The van der Waals surface area contributed by atoms with E-state index in [1.807, 2.05) is 0 Å². The molecule has 0 N–H and O–H groups in total. The van der Waals surface area contributed by atoms with Crippen LogP contribution in [0.1, 0.15) is 66.5 Å². The second kappa shape index (κ2) is 18.3. The standard InChI is InChI=1S/C30H48N4.2CHF3O3S/c1-21(2)31(9)29(32(10)22(3)4)27-17-13-25(14-18-27)26-15-19-28(20-16-26)30(33(11)23(5)6)34(12)24(7)8;2*2-1(3,4)8(5,6)7/h13-24H,1-12H3;2*(H,5,6,7)/q+2;;/p-2. The molecule has 0 spiro atoms. The molecule has 0 fully saturated rings. The molecule has 0 aliphatic carbocycles. The number of nitrogens with zero attached hydrogens (tertiary/aromatic N) is 4. The number of rotatable bonds is 7. The molecule has 10 nitrogen and oxygen atoms in total. The van der Waals surface area contributed by atoms with Gasteiger partial charge in [0.25, 0.3) is 11.7 Å². The van der Waals surface area contributed by atoms with E-state index >= 15 is 0 Å². The van der Waals surface area contributed by atoms with Crippen molar-refractivity contribution in [2.45, 2.75) is 90.6 Å². The van der Waals surface area contributed by atoms with Gasteiger partial charge in [-0.2, -0.15) is 26.3 Å². The summed E-state index contributed by atoms with van der Waals surface area (Å²) >= 11 is 0. The van der Waals surface area contributed by atoms with Crippen LogP contribution in [0.5, 0.6) is 0 Å². The van der Waals surface area contributed by atoms with Crippen LogP contribution in [-0.4, -0.2) is 120 Å². The first-order valence-electron chi connectivity index (χ1n) is 15.3. The van der Waals surface area contributed by atoms with Gasteiger partial charge in [-0.3, -0.25) is 19.0 Å². The smallest absolute Gasteiger partial charge is 0.485 e. The van der Waals surface area contributed by atoms with Crippen molar-refractivity contribution in [3.63, 3.8) is 0 Å². The van der Waals surface area contributed by atoms with E-state index in [0.717, 1.165) is 0 Å². The maximum Gasteiger partial charge on any atom is 0.485 e. The summed E-state index contributed by atoms with van der Waals surface area (Å²) in [5, 5.41) is 0. The van der Waals surface area contributed by atoms with Crippen molar-refractivity contribution < 1.29 is 61.4 Å². The lowest BCUT2D eigenvalue weighted by molar-refractivity contribution is -0.534. The number of hydrogen-bond acceptors (Lipinski definition) is 6. The van der Waals surface area contributed by atoms with Crippen molar-refractivity contribution in [2.75, 3.05) is 28.2 Å². The highest BCUT2D eigenvalue weighted by atomic mass is 32.2. The summed E-state index contributed by atoms with van der Waals surface area (Å²) in [6, 6.07) is 19.7. The van der Waals surface area contributed by atoms with Crippen molar-refractivity contribution in [3.05, 3.63) is 59.7 Å². The summed E-state index contributed by atoms with van der Waals surface area (Å²) in [5.41, 5.74) is -6.31. The number of alkyl halides is 6. The summed E-state index contributed by atoms with van der Waals surface area (Å²) in [7, 11) is -3.45. The van der Waals surface area contributed by atoms with Crippen molar-refractivity contribution in [1.82, 2.24) is 9.80 Å². The first-order valence-corrected chi connectivity index (χ1v) is 18.1. The van der Waals surface area contributed by atoms with E-state index in [2.05, 4.69) is 151 Å². The zero-order valence-corrected chi connectivity index (χ0v) is 31.9. The number of benzene rings is 2. The van der Waals surface area contributed by atoms with Crippen LogP contribution in [0.3, 0.4) is 0 Å². The summed E-state index contributed by atoms with van der Waals surface area (Å²) in [6.07, 6.45) is 0. The maximum atomic E-state index is 10.7. The van der Waals surface area contributed by atoms with E-state index in [-0.39, 0.29) is 0 Å². The predicted octanol–water partition coefficient (Wildman–Crippen LogP) is 5.73. The quantitative estimate of drug-likeness (QED) is 0.0875. The minimum Gasteiger partial charge on any atom is -0.741 e. The number of halogens is 6. The highest BCUT2D eigenvalue weighted by Gasteiger charge is 2.37. The van der Waals surface area contributed by atoms with Crippen LogP contribution in [0.2, 0.25) is 0 Å². The molecular weight excluding hydrogens is 714 g/mol. The predicted molar refractivity (Wildman–Crippen MR) is 180 cm³/mol. The van der Waals surface area contributed by atoms with E-state index in [9.17, 15) is 26.3 Å². The van der Waals surface area contributed by atoms with Gasteiger partial charge in [-0.15, -0.1) is 0 Å². The van der Waals surface area contributed by atoms with E-state index in [4.69, 9.17) is 25.9 Å².